The molecule has 128 valence electrons. The maximum Gasteiger partial charge on any atom is 0.313 e. The first-order valence-corrected chi connectivity index (χ1v) is 8.45. The number of ether oxygens (including phenoxy) is 1. The molecule has 24 heavy (non-hydrogen) atoms. The van der Waals surface area contributed by atoms with Crippen molar-refractivity contribution in [1.82, 2.24) is 5.32 Å². The zero-order chi connectivity index (χ0) is 17.5. The Morgan fingerprint density at radius 1 is 1.33 bits per heavy atom. The molecular formula is C20H25NO3. The zero-order valence-electron chi connectivity index (χ0n) is 14.6. The Labute approximate surface area is 143 Å². The van der Waals surface area contributed by atoms with E-state index in [-0.39, 0.29) is 23.3 Å². The van der Waals surface area contributed by atoms with Crippen LogP contribution in [-0.4, -0.2) is 24.0 Å². The van der Waals surface area contributed by atoms with E-state index in [1.54, 1.807) is 0 Å². The van der Waals surface area contributed by atoms with Crippen molar-refractivity contribution < 1.29 is 14.3 Å². The molecule has 4 heteroatoms. The number of esters is 1. The summed E-state index contributed by atoms with van der Waals surface area (Å²) in [6, 6.07) is 7.53. The lowest BCUT2D eigenvalue weighted by Gasteiger charge is -2.24. The molecular weight excluding hydrogens is 302 g/mol. The number of nitrogens with one attached hydrogen (secondary N) is 1. The van der Waals surface area contributed by atoms with E-state index in [0.29, 0.717) is 25.0 Å². The highest BCUT2D eigenvalue weighted by Gasteiger charge is 2.55. The van der Waals surface area contributed by atoms with E-state index in [0.717, 1.165) is 17.6 Å². The highest BCUT2D eigenvalue weighted by atomic mass is 16.5. The third-order valence-electron chi connectivity index (χ3n) is 4.93. The van der Waals surface area contributed by atoms with Crippen molar-refractivity contribution in [3.05, 3.63) is 47.5 Å². The van der Waals surface area contributed by atoms with Crippen LogP contribution in [0.15, 0.2) is 36.4 Å². The van der Waals surface area contributed by atoms with E-state index < -0.39 is 5.41 Å². The predicted octanol–water partition coefficient (Wildman–Crippen LogP) is 3.27. The summed E-state index contributed by atoms with van der Waals surface area (Å²) in [7, 11) is 0. The summed E-state index contributed by atoms with van der Waals surface area (Å²) in [5.41, 5.74) is 2.11. The molecule has 0 bridgehead atoms. The lowest BCUT2D eigenvalue weighted by molar-refractivity contribution is -0.146. The second kappa shape index (κ2) is 5.76. The van der Waals surface area contributed by atoms with E-state index in [4.69, 9.17) is 4.74 Å². The minimum atomic E-state index is -0.452. The Morgan fingerprint density at radius 3 is 2.62 bits per heavy atom. The van der Waals surface area contributed by atoms with Gasteiger partial charge in [-0.1, -0.05) is 24.3 Å². The van der Waals surface area contributed by atoms with Crippen LogP contribution in [0.25, 0.3) is 0 Å². The van der Waals surface area contributed by atoms with Crippen molar-refractivity contribution in [2.24, 2.45) is 11.3 Å². The Hall–Kier alpha value is -2.10. The monoisotopic (exact) mass is 327 g/mol. The van der Waals surface area contributed by atoms with Gasteiger partial charge in [-0.2, -0.15) is 0 Å². The Morgan fingerprint density at radius 2 is 2.00 bits per heavy atom. The first kappa shape index (κ1) is 16.7. The van der Waals surface area contributed by atoms with Gasteiger partial charge in [0.15, 0.2) is 0 Å². The lowest BCUT2D eigenvalue weighted by atomic mass is 9.75. The molecule has 1 aromatic carbocycles. The Kier molecular flexibility index (Phi) is 4.02. The Bertz CT molecular complexity index is 684. The van der Waals surface area contributed by atoms with Crippen molar-refractivity contribution in [2.75, 3.05) is 6.61 Å². The molecule has 1 aliphatic heterocycles. The van der Waals surface area contributed by atoms with Gasteiger partial charge in [0.25, 0.3) is 5.91 Å². The van der Waals surface area contributed by atoms with Crippen LogP contribution in [-0.2, 0) is 16.0 Å². The van der Waals surface area contributed by atoms with Crippen LogP contribution in [0.5, 0.6) is 0 Å². The minimum absolute atomic E-state index is 0.0837. The molecule has 0 spiro atoms. The van der Waals surface area contributed by atoms with E-state index >= 15 is 0 Å². The summed E-state index contributed by atoms with van der Waals surface area (Å²) in [6.07, 6.45) is 2.23. The number of rotatable bonds is 3. The number of hydrogen-bond acceptors (Lipinski definition) is 3. The van der Waals surface area contributed by atoms with Gasteiger partial charge >= 0.3 is 5.97 Å². The molecule has 0 aromatic heterocycles. The molecule has 1 saturated heterocycles. The summed E-state index contributed by atoms with van der Waals surface area (Å²) in [5, 5.41) is 2.95. The third kappa shape index (κ3) is 3.10. The molecule has 1 N–H and O–H groups in total. The van der Waals surface area contributed by atoms with Crippen LogP contribution < -0.4 is 5.32 Å². The zero-order valence-corrected chi connectivity index (χ0v) is 14.6. The molecule has 1 heterocycles. The van der Waals surface area contributed by atoms with E-state index in [9.17, 15) is 9.59 Å². The largest absolute Gasteiger partial charge is 0.465 e. The highest BCUT2D eigenvalue weighted by molar-refractivity contribution is 5.94. The van der Waals surface area contributed by atoms with Crippen LogP contribution in [0.1, 0.15) is 49.5 Å². The molecule has 1 aliphatic carbocycles. The maximum absolute atomic E-state index is 12.3. The van der Waals surface area contributed by atoms with E-state index in [2.05, 4.69) is 11.9 Å². The van der Waals surface area contributed by atoms with Crippen molar-refractivity contribution in [3.8, 4) is 0 Å². The molecule has 1 aromatic rings. The quantitative estimate of drug-likeness (QED) is 0.685. The fourth-order valence-electron chi connectivity index (χ4n) is 3.81. The first-order chi connectivity index (χ1) is 11.2. The second-order valence-electron chi connectivity index (χ2n) is 8.16. The summed E-state index contributed by atoms with van der Waals surface area (Å²) in [6.45, 7) is 10.4. The second-order valence-corrected chi connectivity index (χ2v) is 8.16. The standard InChI is InChI=1S/C20H25NO3/c1-13-9-16-12-24-18(23)20(16,10-13)11-14-5-7-15(8-6-14)17(22)21-19(2,3)4/h5-8,16H,1,9-12H2,2-4H3,(H,21,22). The minimum Gasteiger partial charge on any atom is -0.465 e. The lowest BCUT2D eigenvalue weighted by Crippen LogP contribution is -2.40. The number of cyclic esters (lactones) is 1. The van der Waals surface area contributed by atoms with Gasteiger partial charge in [-0.3, -0.25) is 9.59 Å². The average Bonchev–Trinajstić information content (AvgIpc) is 2.93. The number of carbonyl (C=O) groups excluding carboxylic acids is 2. The van der Waals surface area contributed by atoms with Gasteiger partial charge in [0.1, 0.15) is 0 Å². The fourth-order valence-corrected chi connectivity index (χ4v) is 3.81. The van der Waals surface area contributed by atoms with Crippen molar-refractivity contribution in [1.29, 1.82) is 0 Å². The number of amides is 1. The van der Waals surface area contributed by atoms with Gasteiger partial charge in [0, 0.05) is 17.0 Å². The highest BCUT2D eigenvalue weighted by Crippen LogP contribution is 2.52. The van der Waals surface area contributed by atoms with Crippen LogP contribution >= 0.6 is 0 Å². The van der Waals surface area contributed by atoms with Crippen LogP contribution in [0.4, 0.5) is 0 Å². The van der Waals surface area contributed by atoms with Crippen molar-refractivity contribution in [3.63, 3.8) is 0 Å². The molecule has 2 aliphatic rings. The van der Waals surface area contributed by atoms with Gasteiger partial charge < -0.3 is 10.1 Å². The average molecular weight is 327 g/mol. The smallest absolute Gasteiger partial charge is 0.313 e. The van der Waals surface area contributed by atoms with Gasteiger partial charge in [-0.05, 0) is 57.7 Å². The summed E-state index contributed by atoms with van der Waals surface area (Å²) < 4.78 is 5.32. The molecule has 1 saturated carbocycles. The summed E-state index contributed by atoms with van der Waals surface area (Å²) in [4.78, 5) is 24.5. The Balaban J connectivity index is 1.76. The number of benzene rings is 1. The normalized spacial score (nSPS) is 26.2. The number of allylic oxidation sites excluding steroid dienone is 1. The number of carbonyl (C=O) groups is 2. The molecule has 2 fully saturated rings. The number of fused-ring (bicyclic) bond motifs is 1. The summed E-state index contributed by atoms with van der Waals surface area (Å²) in [5.74, 6) is 0.0571. The molecule has 2 unspecified atom stereocenters. The van der Waals surface area contributed by atoms with E-state index in [1.807, 2.05) is 45.0 Å². The first-order valence-electron chi connectivity index (χ1n) is 8.45. The molecule has 4 nitrogen and oxygen atoms in total. The van der Waals surface area contributed by atoms with Crippen LogP contribution in [0, 0.1) is 11.3 Å². The van der Waals surface area contributed by atoms with Crippen LogP contribution in [0.3, 0.4) is 0 Å². The fraction of sp³-hybridized carbons (Fsp3) is 0.500. The molecule has 0 radical (unpaired) electrons. The van der Waals surface area contributed by atoms with Gasteiger partial charge in [-0.25, -0.2) is 0 Å². The van der Waals surface area contributed by atoms with Crippen LogP contribution in [0.2, 0.25) is 0 Å². The third-order valence-corrected chi connectivity index (χ3v) is 4.93. The van der Waals surface area contributed by atoms with Gasteiger partial charge in [0.2, 0.25) is 0 Å². The summed E-state index contributed by atoms with van der Waals surface area (Å²) >= 11 is 0. The molecule has 3 rings (SSSR count). The van der Waals surface area contributed by atoms with Gasteiger partial charge in [0.05, 0.1) is 12.0 Å². The van der Waals surface area contributed by atoms with Gasteiger partial charge in [-0.15, -0.1) is 0 Å². The van der Waals surface area contributed by atoms with E-state index in [1.165, 1.54) is 0 Å². The maximum atomic E-state index is 12.3. The number of hydrogen-bond donors (Lipinski definition) is 1. The van der Waals surface area contributed by atoms with Crippen molar-refractivity contribution >= 4 is 11.9 Å². The SMILES string of the molecule is C=C1CC2COC(=O)C2(Cc2ccc(C(=O)NC(C)(C)C)cc2)C1. The predicted molar refractivity (Wildman–Crippen MR) is 92.6 cm³/mol. The topological polar surface area (TPSA) is 55.4 Å². The molecule has 2 atom stereocenters. The molecule has 1 amide bonds. The van der Waals surface area contributed by atoms with Crippen molar-refractivity contribution in [2.45, 2.75) is 45.6 Å².